The van der Waals surface area contributed by atoms with E-state index in [1.54, 1.807) is 17.7 Å². The predicted octanol–water partition coefficient (Wildman–Crippen LogP) is 1.86. The third-order valence-electron chi connectivity index (χ3n) is 4.35. The molecule has 23 heavy (non-hydrogen) atoms. The van der Waals surface area contributed by atoms with Crippen LogP contribution in [-0.2, 0) is 4.79 Å². The summed E-state index contributed by atoms with van der Waals surface area (Å²) in [7, 11) is 0. The van der Waals surface area contributed by atoms with Gasteiger partial charge in [0.15, 0.2) is 0 Å². The fourth-order valence-corrected chi connectivity index (χ4v) is 3.97. The monoisotopic (exact) mass is 333 g/mol. The molecule has 1 aliphatic heterocycles. The van der Waals surface area contributed by atoms with E-state index in [4.69, 9.17) is 5.73 Å². The maximum absolute atomic E-state index is 12.6. The smallest absolute Gasteiger partial charge is 0.242 e. The van der Waals surface area contributed by atoms with E-state index in [0.717, 1.165) is 35.5 Å². The summed E-state index contributed by atoms with van der Waals surface area (Å²) in [5, 5.41) is 2.03. The van der Waals surface area contributed by atoms with Gasteiger partial charge >= 0.3 is 0 Å². The number of aromatic nitrogens is 2. The van der Waals surface area contributed by atoms with Gasteiger partial charge in [-0.15, -0.1) is 11.3 Å². The Hall–Kier alpha value is -1.73. The lowest BCUT2D eigenvalue weighted by atomic mass is 9.95. The first-order valence-electron chi connectivity index (χ1n) is 8.04. The first kappa shape index (κ1) is 16.1. The standard InChI is InChI=1S/C16H23N5OS/c1-3-5-16(2,17)15(22)21-8-6-20(7-9-21)14-13-12(4-10-23-13)18-11-19-14/h4,10-11H,3,5-9,17H2,1-2H3. The number of carbonyl (C=O) groups is 1. The first-order valence-corrected chi connectivity index (χ1v) is 8.92. The third kappa shape index (κ3) is 3.16. The highest BCUT2D eigenvalue weighted by Gasteiger charge is 2.33. The molecule has 1 saturated heterocycles. The minimum Gasteiger partial charge on any atom is -0.352 e. The van der Waals surface area contributed by atoms with E-state index >= 15 is 0 Å². The number of carbonyl (C=O) groups excluding carboxylic acids is 1. The molecule has 0 aromatic carbocycles. The molecular weight excluding hydrogens is 310 g/mol. The molecule has 0 radical (unpaired) electrons. The second-order valence-corrected chi connectivity index (χ2v) is 7.20. The van der Waals surface area contributed by atoms with Gasteiger partial charge in [-0.25, -0.2) is 9.97 Å². The summed E-state index contributed by atoms with van der Waals surface area (Å²) in [6, 6.07) is 2.01. The van der Waals surface area contributed by atoms with E-state index in [1.165, 1.54) is 0 Å². The van der Waals surface area contributed by atoms with Crippen molar-refractivity contribution >= 4 is 33.3 Å². The molecule has 2 aromatic rings. The summed E-state index contributed by atoms with van der Waals surface area (Å²) in [6.45, 7) is 6.82. The minimum absolute atomic E-state index is 0.0583. The number of fused-ring (bicyclic) bond motifs is 1. The van der Waals surface area contributed by atoms with Gasteiger partial charge in [-0.1, -0.05) is 13.3 Å². The van der Waals surface area contributed by atoms with Crippen molar-refractivity contribution in [2.24, 2.45) is 5.73 Å². The second kappa shape index (κ2) is 6.41. The van der Waals surface area contributed by atoms with Crippen molar-refractivity contribution in [3.63, 3.8) is 0 Å². The van der Waals surface area contributed by atoms with Gasteiger partial charge in [0.1, 0.15) is 12.1 Å². The molecule has 1 unspecified atom stereocenters. The van der Waals surface area contributed by atoms with Crippen molar-refractivity contribution in [1.29, 1.82) is 0 Å². The first-order chi connectivity index (χ1) is 11.0. The van der Waals surface area contributed by atoms with Gasteiger partial charge in [-0.3, -0.25) is 4.79 Å². The molecule has 1 aliphatic rings. The summed E-state index contributed by atoms with van der Waals surface area (Å²) in [4.78, 5) is 25.4. The van der Waals surface area contributed by atoms with Gasteiger partial charge in [0.2, 0.25) is 5.91 Å². The van der Waals surface area contributed by atoms with E-state index in [9.17, 15) is 4.79 Å². The van der Waals surface area contributed by atoms with Crippen LogP contribution in [0.1, 0.15) is 26.7 Å². The summed E-state index contributed by atoms with van der Waals surface area (Å²) in [5.41, 5.74) is 6.41. The highest BCUT2D eigenvalue weighted by Crippen LogP contribution is 2.28. The Labute approximate surface area is 140 Å². The molecule has 3 heterocycles. The van der Waals surface area contributed by atoms with Crippen LogP contribution >= 0.6 is 11.3 Å². The molecule has 1 atom stereocenters. The molecule has 6 nitrogen and oxygen atoms in total. The van der Waals surface area contributed by atoms with Crippen LogP contribution in [0.5, 0.6) is 0 Å². The molecule has 124 valence electrons. The van der Waals surface area contributed by atoms with Gasteiger partial charge in [0.05, 0.1) is 15.8 Å². The average Bonchev–Trinajstić information content (AvgIpc) is 3.03. The van der Waals surface area contributed by atoms with Crippen molar-refractivity contribution in [3.05, 3.63) is 17.8 Å². The highest BCUT2D eigenvalue weighted by atomic mass is 32.1. The van der Waals surface area contributed by atoms with Gasteiger partial charge < -0.3 is 15.5 Å². The zero-order valence-electron chi connectivity index (χ0n) is 13.7. The summed E-state index contributed by atoms with van der Waals surface area (Å²) in [5.74, 6) is 1.03. The van der Waals surface area contributed by atoms with Gasteiger partial charge in [0.25, 0.3) is 0 Å². The number of nitrogens with zero attached hydrogens (tertiary/aromatic N) is 4. The Morgan fingerprint density at radius 3 is 2.78 bits per heavy atom. The molecule has 7 heteroatoms. The average molecular weight is 333 g/mol. The number of rotatable bonds is 4. The fraction of sp³-hybridized carbons (Fsp3) is 0.562. The predicted molar refractivity (Wildman–Crippen MR) is 93.7 cm³/mol. The van der Waals surface area contributed by atoms with Gasteiger partial charge in [-0.05, 0) is 24.8 Å². The van der Waals surface area contributed by atoms with Crippen molar-refractivity contribution < 1.29 is 4.79 Å². The highest BCUT2D eigenvalue weighted by molar-refractivity contribution is 7.17. The lowest BCUT2D eigenvalue weighted by Crippen LogP contribution is -2.58. The number of amides is 1. The number of piperazine rings is 1. The topological polar surface area (TPSA) is 75.4 Å². The van der Waals surface area contributed by atoms with E-state index in [1.807, 2.05) is 23.3 Å². The third-order valence-corrected chi connectivity index (χ3v) is 5.25. The van der Waals surface area contributed by atoms with Gasteiger partial charge in [-0.2, -0.15) is 0 Å². The van der Waals surface area contributed by atoms with Crippen molar-refractivity contribution in [2.75, 3.05) is 31.1 Å². The molecular formula is C16H23N5OS. The normalized spacial score (nSPS) is 18.2. The van der Waals surface area contributed by atoms with E-state index in [-0.39, 0.29) is 5.91 Å². The molecule has 3 rings (SSSR count). The second-order valence-electron chi connectivity index (χ2n) is 6.28. The lowest BCUT2D eigenvalue weighted by Gasteiger charge is -2.39. The SMILES string of the molecule is CCCC(C)(N)C(=O)N1CCN(c2ncnc3ccsc23)CC1. The number of thiophene rings is 1. The number of anilines is 1. The van der Waals surface area contributed by atoms with Crippen LogP contribution in [0.4, 0.5) is 5.82 Å². The molecule has 0 bridgehead atoms. The van der Waals surface area contributed by atoms with Crippen molar-refractivity contribution in [2.45, 2.75) is 32.2 Å². The summed E-state index contributed by atoms with van der Waals surface area (Å²) in [6.07, 6.45) is 3.24. The Balaban J connectivity index is 1.69. The van der Waals surface area contributed by atoms with Crippen molar-refractivity contribution in [3.8, 4) is 0 Å². The fourth-order valence-electron chi connectivity index (χ4n) is 3.11. The molecule has 1 fully saturated rings. The lowest BCUT2D eigenvalue weighted by molar-refractivity contribution is -0.137. The summed E-state index contributed by atoms with van der Waals surface area (Å²) >= 11 is 1.66. The van der Waals surface area contributed by atoms with Crippen LogP contribution in [0.25, 0.3) is 10.2 Å². The van der Waals surface area contributed by atoms with Crippen LogP contribution in [0, 0.1) is 0 Å². The molecule has 1 amide bonds. The minimum atomic E-state index is -0.757. The maximum atomic E-state index is 12.6. The molecule has 2 N–H and O–H groups in total. The molecule has 2 aromatic heterocycles. The van der Waals surface area contributed by atoms with Crippen LogP contribution in [-0.4, -0.2) is 52.5 Å². The molecule has 0 spiro atoms. The van der Waals surface area contributed by atoms with E-state index in [0.29, 0.717) is 19.5 Å². The van der Waals surface area contributed by atoms with E-state index < -0.39 is 5.54 Å². The van der Waals surface area contributed by atoms with E-state index in [2.05, 4.69) is 21.8 Å². The maximum Gasteiger partial charge on any atom is 0.242 e. The Morgan fingerprint density at radius 2 is 2.09 bits per heavy atom. The molecule has 0 saturated carbocycles. The van der Waals surface area contributed by atoms with Crippen LogP contribution < -0.4 is 10.6 Å². The van der Waals surface area contributed by atoms with Crippen LogP contribution in [0.2, 0.25) is 0 Å². The quantitative estimate of drug-likeness (QED) is 0.924. The number of hydrogen-bond donors (Lipinski definition) is 1. The van der Waals surface area contributed by atoms with Crippen molar-refractivity contribution in [1.82, 2.24) is 14.9 Å². The number of nitrogens with two attached hydrogens (primary N) is 1. The van der Waals surface area contributed by atoms with Crippen LogP contribution in [0.15, 0.2) is 17.8 Å². The Kier molecular flexibility index (Phi) is 4.50. The Bertz CT molecular complexity index is 691. The van der Waals surface area contributed by atoms with Gasteiger partial charge in [0, 0.05) is 26.2 Å². The zero-order chi connectivity index (χ0) is 16.4. The summed E-state index contributed by atoms with van der Waals surface area (Å²) < 4.78 is 1.11. The zero-order valence-corrected chi connectivity index (χ0v) is 14.5. The Morgan fingerprint density at radius 1 is 1.35 bits per heavy atom. The molecule has 0 aliphatic carbocycles. The van der Waals surface area contributed by atoms with Crippen LogP contribution in [0.3, 0.4) is 0 Å². The number of hydrogen-bond acceptors (Lipinski definition) is 6. The largest absolute Gasteiger partial charge is 0.352 e.